The summed E-state index contributed by atoms with van der Waals surface area (Å²) in [5, 5.41) is 4.10. The van der Waals surface area contributed by atoms with E-state index in [9.17, 15) is 4.39 Å². The summed E-state index contributed by atoms with van der Waals surface area (Å²) >= 11 is 6.05. The van der Waals surface area contributed by atoms with Crippen molar-refractivity contribution in [3.8, 4) is 11.5 Å². The molecule has 0 spiro atoms. The van der Waals surface area contributed by atoms with Gasteiger partial charge in [-0.2, -0.15) is 0 Å². The number of halogens is 2. The zero-order valence-electron chi connectivity index (χ0n) is 13.6. The molecule has 5 heteroatoms. The first-order valence-electron chi connectivity index (χ1n) is 7.40. The molecule has 124 valence electrons. The molecule has 0 heterocycles. The van der Waals surface area contributed by atoms with Gasteiger partial charge in [0.25, 0.3) is 0 Å². The summed E-state index contributed by atoms with van der Waals surface area (Å²) in [7, 11) is 2.99. The molecule has 0 aliphatic carbocycles. The number of rotatable bonds is 7. The van der Waals surface area contributed by atoms with E-state index in [-0.39, 0.29) is 5.75 Å². The summed E-state index contributed by atoms with van der Waals surface area (Å²) in [4.78, 5) is 0. The van der Waals surface area contributed by atoms with E-state index in [1.165, 1.54) is 20.3 Å². The predicted octanol–water partition coefficient (Wildman–Crippen LogP) is 4.14. The van der Waals surface area contributed by atoms with Crippen molar-refractivity contribution in [2.24, 2.45) is 0 Å². The molecule has 2 aromatic rings. The third kappa shape index (κ3) is 4.85. The van der Waals surface area contributed by atoms with Gasteiger partial charge < -0.3 is 14.8 Å². The average molecular weight is 338 g/mol. The van der Waals surface area contributed by atoms with E-state index in [0.717, 1.165) is 34.8 Å². The fourth-order valence-electron chi connectivity index (χ4n) is 2.49. The van der Waals surface area contributed by atoms with E-state index in [4.69, 9.17) is 21.1 Å². The Morgan fingerprint density at radius 3 is 2.43 bits per heavy atom. The van der Waals surface area contributed by atoms with E-state index >= 15 is 0 Å². The highest BCUT2D eigenvalue weighted by Crippen LogP contribution is 2.27. The lowest BCUT2D eigenvalue weighted by Gasteiger charge is -2.12. The summed E-state index contributed by atoms with van der Waals surface area (Å²) in [5.41, 5.74) is 3.18. The summed E-state index contributed by atoms with van der Waals surface area (Å²) in [6.45, 7) is 3.48. The zero-order chi connectivity index (χ0) is 16.8. The highest BCUT2D eigenvalue weighted by atomic mass is 35.5. The van der Waals surface area contributed by atoms with Crippen molar-refractivity contribution in [2.75, 3.05) is 20.8 Å². The van der Waals surface area contributed by atoms with Crippen LogP contribution in [0.4, 0.5) is 4.39 Å². The maximum Gasteiger partial charge on any atom is 0.168 e. The van der Waals surface area contributed by atoms with Crippen LogP contribution in [0.15, 0.2) is 30.3 Å². The molecule has 23 heavy (non-hydrogen) atoms. The summed E-state index contributed by atoms with van der Waals surface area (Å²) in [6.07, 6.45) is 0.708. The zero-order valence-corrected chi connectivity index (χ0v) is 14.3. The van der Waals surface area contributed by atoms with Crippen LogP contribution in [0.3, 0.4) is 0 Å². The lowest BCUT2D eigenvalue weighted by molar-refractivity contribution is 0.374. The van der Waals surface area contributed by atoms with Crippen LogP contribution in [0.1, 0.15) is 16.7 Å². The molecule has 2 rings (SSSR count). The van der Waals surface area contributed by atoms with Gasteiger partial charge >= 0.3 is 0 Å². The average Bonchev–Trinajstić information content (AvgIpc) is 2.51. The molecule has 0 aliphatic rings. The van der Waals surface area contributed by atoms with Crippen LogP contribution in [-0.4, -0.2) is 20.8 Å². The quantitative estimate of drug-likeness (QED) is 0.770. The number of nitrogens with one attached hydrogen (secondary N) is 1. The molecule has 0 amide bonds. The van der Waals surface area contributed by atoms with Crippen molar-refractivity contribution in [1.82, 2.24) is 5.32 Å². The van der Waals surface area contributed by atoms with Gasteiger partial charge in [-0.1, -0.05) is 17.7 Å². The fourth-order valence-corrected chi connectivity index (χ4v) is 2.80. The Morgan fingerprint density at radius 1 is 1.04 bits per heavy atom. The third-order valence-corrected chi connectivity index (χ3v) is 3.78. The minimum Gasteiger partial charge on any atom is -0.496 e. The highest BCUT2D eigenvalue weighted by molar-refractivity contribution is 6.30. The van der Waals surface area contributed by atoms with Crippen LogP contribution in [-0.2, 0) is 13.0 Å². The second kappa shape index (κ2) is 8.18. The first kappa shape index (κ1) is 17.6. The van der Waals surface area contributed by atoms with E-state index in [0.29, 0.717) is 12.2 Å². The number of ether oxygens (including phenoxy) is 2. The smallest absolute Gasteiger partial charge is 0.168 e. The van der Waals surface area contributed by atoms with Crippen molar-refractivity contribution in [1.29, 1.82) is 0 Å². The Balaban J connectivity index is 1.95. The Kier molecular flexibility index (Phi) is 6.25. The van der Waals surface area contributed by atoms with Crippen molar-refractivity contribution in [3.05, 3.63) is 57.9 Å². The van der Waals surface area contributed by atoms with E-state index < -0.39 is 5.82 Å². The van der Waals surface area contributed by atoms with Crippen LogP contribution in [0.25, 0.3) is 0 Å². The standard InChI is InChI=1S/C18H21ClFNO2/c1-12-6-13(8-15(19)7-12)11-21-5-4-14-9-18(23-3)16(20)10-17(14)22-2/h6-10,21H,4-5,11H2,1-3H3. The van der Waals surface area contributed by atoms with Gasteiger partial charge in [0.15, 0.2) is 11.6 Å². The number of benzene rings is 2. The topological polar surface area (TPSA) is 30.5 Å². The van der Waals surface area contributed by atoms with Crippen molar-refractivity contribution >= 4 is 11.6 Å². The van der Waals surface area contributed by atoms with Crippen LogP contribution in [0, 0.1) is 12.7 Å². The normalized spacial score (nSPS) is 10.7. The van der Waals surface area contributed by atoms with Crippen LogP contribution < -0.4 is 14.8 Å². The first-order chi connectivity index (χ1) is 11.0. The Bertz CT molecular complexity index is 656. The van der Waals surface area contributed by atoms with Crippen LogP contribution in [0.5, 0.6) is 11.5 Å². The Hall–Kier alpha value is -1.78. The Morgan fingerprint density at radius 2 is 1.78 bits per heavy atom. The molecule has 0 saturated carbocycles. The second-order valence-electron chi connectivity index (χ2n) is 5.36. The lowest BCUT2D eigenvalue weighted by atomic mass is 10.1. The van der Waals surface area contributed by atoms with Gasteiger partial charge in [0.2, 0.25) is 0 Å². The van der Waals surface area contributed by atoms with Crippen LogP contribution >= 0.6 is 11.6 Å². The molecular weight excluding hydrogens is 317 g/mol. The third-order valence-electron chi connectivity index (χ3n) is 3.56. The number of methoxy groups -OCH3 is 2. The molecule has 0 aliphatic heterocycles. The molecule has 0 saturated heterocycles. The van der Waals surface area contributed by atoms with Gasteiger partial charge in [-0.15, -0.1) is 0 Å². The molecule has 1 N–H and O–H groups in total. The molecular formula is C18H21ClFNO2. The SMILES string of the molecule is COc1cc(CCNCc2cc(C)cc(Cl)c2)c(OC)cc1F. The van der Waals surface area contributed by atoms with E-state index in [1.807, 2.05) is 19.1 Å². The molecule has 3 nitrogen and oxygen atoms in total. The summed E-state index contributed by atoms with van der Waals surface area (Å²) in [5.74, 6) is 0.338. The van der Waals surface area contributed by atoms with Gasteiger partial charge in [-0.05, 0) is 54.8 Å². The largest absolute Gasteiger partial charge is 0.496 e. The first-order valence-corrected chi connectivity index (χ1v) is 7.78. The highest BCUT2D eigenvalue weighted by Gasteiger charge is 2.10. The molecule has 0 unspecified atom stereocenters. The van der Waals surface area contributed by atoms with Crippen molar-refractivity contribution in [2.45, 2.75) is 19.9 Å². The fraction of sp³-hybridized carbons (Fsp3) is 0.333. The van der Waals surface area contributed by atoms with E-state index in [1.54, 1.807) is 6.07 Å². The monoisotopic (exact) mass is 337 g/mol. The number of hydrogen-bond donors (Lipinski definition) is 1. The van der Waals surface area contributed by atoms with Crippen LogP contribution in [0.2, 0.25) is 5.02 Å². The molecule has 0 bridgehead atoms. The molecule has 0 aromatic heterocycles. The maximum atomic E-state index is 13.7. The van der Waals surface area contributed by atoms with E-state index in [2.05, 4.69) is 11.4 Å². The maximum absolute atomic E-state index is 13.7. The predicted molar refractivity (Wildman–Crippen MR) is 91.1 cm³/mol. The van der Waals surface area contributed by atoms with Crippen molar-refractivity contribution < 1.29 is 13.9 Å². The minimum atomic E-state index is -0.421. The molecule has 0 atom stereocenters. The molecule has 0 fully saturated rings. The second-order valence-corrected chi connectivity index (χ2v) is 5.80. The summed E-state index contributed by atoms with van der Waals surface area (Å²) < 4.78 is 23.9. The minimum absolute atomic E-state index is 0.228. The van der Waals surface area contributed by atoms with Gasteiger partial charge in [0, 0.05) is 17.6 Å². The molecule has 0 radical (unpaired) electrons. The van der Waals surface area contributed by atoms with Gasteiger partial charge in [0.1, 0.15) is 5.75 Å². The molecule has 2 aromatic carbocycles. The number of hydrogen-bond acceptors (Lipinski definition) is 3. The van der Waals surface area contributed by atoms with Gasteiger partial charge in [-0.3, -0.25) is 0 Å². The van der Waals surface area contributed by atoms with Crippen molar-refractivity contribution in [3.63, 3.8) is 0 Å². The number of aryl methyl sites for hydroxylation is 1. The van der Waals surface area contributed by atoms with Gasteiger partial charge in [0.05, 0.1) is 14.2 Å². The van der Waals surface area contributed by atoms with Gasteiger partial charge in [-0.25, -0.2) is 4.39 Å². The Labute approximate surface area is 141 Å². The summed E-state index contributed by atoms with van der Waals surface area (Å²) in [6, 6.07) is 9.01. The lowest BCUT2D eigenvalue weighted by Crippen LogP contribution is -2.17.